The van der Waals surface area contributed by atoms with Gasteiger partial charge in [0.05, 0.1) is 11.1 Å². The monoisotopic (exact) mass is 486 g/mol. The highest BCUT2D eigenvalue weighted by Gasteiger charge is 2.14. The summed E-state index contributed by atoms with van der Waals surface area (Å²) in [5.74, 6) is 2.42. The van der Waals surface area contributed by atoms with Crippen molar-refractivity contribution in [2.45, 2.75) is 13.8 Å². The Balaban J connectivity index is 1.57. The summed E-state index contributed by atoms with van der Waals surface area (Å²) in [6.45, 7) is 6.39. The van der Waals surface area contributed by atoms with Crippen LogP contribution in [-0.2, 0) is 9.53 Å². The number of ether oxygens (including phenoxy) is 5. The number of carbonyl (C=O) groups is 3. The van der Waals surface area contributed by atoms with Crippen LogP contribution in [0.25, 0.3) is 0 Å². The van der Waals surface area contributed by atoms with Gasteiger partial charge in [0.25, 0.3) is 0 Å². The molecular weight excluding hydrogens is 464 g/mol. The van der Waals surface area contributed by atoms with Crippen LogP contribution in [0.15, 0.2) is 79.4 Å². The van der Waals surface area contributed by atoms with Gasteiger partial charge in [-0.05, 0) is 79.2 Å². The molecule has 0 aromatic heterocycles. The number of hydrogen-bond donors (Lipinski definition) is 0. The van der Waals surface area contributed by atoms with E-state index in [0.717, 1.165) is 6.08 Å². The Morgan fingerprint density at radius 1 is 0.833 bits per heavy atom. The predicted molar refractivity (Wildman–Crippen MR) is 130 cm³/mol. The molecule has 3 aromatic rings. The van der Waals surface area contributed by atoms with E-state index in [9.17, 15) is 14.4 Å². The van der Waals surface area contributed by atoms with Crippen LogP contribution in [0, 0.1) is 19.0 Å². The number of rotatable bonds is 9. The van der Waals surface area contributed by atoms with E-state index < -0.39 is 17.9 Å². The maximum atomic E-state index is 12.5. The Kier molecular flexibility index (Phi) is 8.84. The molecule has 0 saturated heterocycles. The van der Waals surface area contributed by atoms with Gasteiger partial charge in [-0.1, -0.05) is 12.5 Å². The van der Waals surface area contributed by atoms with Crippen LogP contribution in [0.3, 0.4) is 0 Å². The molecule has 0 radical (unpaired) electrons. The van der Waals surface area contributed by atoms with Crippen molar-refractivity contribution in [2.75, 3.05) is 6.79 Å². The summed E-state index contributed by atoms with van der Waals surface area (Å²) in [6, 6.07) is 17.2. The third kappa shape index (κ3) is 7.23. The van der Waals surface area contributed by atoms with Crippen molar-refractivity contribution in [1.82, 2.24) is 0 Å². The van der Waals surface area contributed by atoms with Crippen molar-refractivity contribution in [1.29, 1.82) is 0 Å². The normalized spacial score (nSPS) is 9.72. The van der Waals surface area contributed by atoms with Crippen LogP contribution >= 0.6 is 0 Å². The van der Waals surface area contributed by atoms with Crippen LogP contribution in [0.4, 0.5) is 0 Å². The Hall–Kier alpha value is -5.03. The molecule has 0 amide bonds. The third-order valence-corrected chi connectivity index (χ3v) is 4.60. The highest BCUT2D eigenvalue weighted by molar-refractivity contribution is 5.92. The van der Waals surface area contributed by atoms with Crippen molar-refractivity contribution in [3.05, 3.63) is 96.1 Å². The van der Waals surface area contributed by atoms with E-state index in [4.69, 9.17) is 23.7 Å². The van der Waals surface area contributed by atoms with Gasteiger partial charge in [-0.15, -0.1) is 0 Å². The van der Waals surface area contributed by atoms with Crippen molar-refractivity contribution < 1.29 is 38.1 Å². The number of hydrogen-bond acceptors (Lipinski definition) is 8. The standard InChI is InChI=1S/C28H22O8/c1-4-16-32-22-10-6-21(7-11-22)28(31)36-25-15-14-24(17-19(25)3)35-27(30)20-8-12-23(13-9-20)33-18-34-26(29)5-2/h5-15,17H,2,18H2,1,3H3. The molecular formula is C28H22O8. The molecule has 0 fully saturated rings. The maximum absolute atomic E-state index is 12.5. The van der Waals surface area contributed by atoms with Gasteiger partial charge in [0.1, 0.15) is 29.1 Å². The van der Waals surface area contributed by atoms with Crippen LogP contribution < -0.4 is 18.9 Å². The third-order valence-electron chi connectivity index (χ3n) is 4.60. The molecule has 0 atom stereocenters. The fourth-order valence-electron chi connectivity index (χ4n) is 2.80. The quantitative estimate of drug-likeness (QED) is 0.139. The smallest absolute Gasteiger partial charge is 0.343 e. The zero-order valence-electron chi connectivity index (χ0n) is 19.6. The summed E-state index contributed by atoms with van der Waals surface area (Å²) in [7, 11) is 0. The predicted octanol–water partition coefficient (Wildman–Crippen LogP) is 4.86. The summed E-state index contributed by atoms with van der Waals surface area (Å²) >= 11 is 0. The zero-order chi connectivity index (χ0) is 25.9. The molecule has 3 aromatic carbocycles. The Morgan fingerprint density at radius 2 is 1.42 bits per heavy atom. The van der Waals surface area contributed by atoms with Gasteiger partial charge in [-0.3, -0.25) is 0 Å². The van der Waals surface area contributed by atoms with Crippen LogP contribution in [0.5, 0.6) is 23.0 Å². The Bertz CT molecular complexity index is 1310. The van der Waals surface area contributed by atoms with Gasteiger partial charge in [0, 0.05) is 13.0 Å². The molecule has 0 bridgehead atoms. The van der Waals surface area contributed by atoms with Gasteiger partial charge < -0.3 is 23.7 Å². The van der Waals surface area contributed by atoms with Crippen molar-refractivity contribution in [3.8, 4) is 35.0 Å². The Labute approximate surface area is 208 Å². The summed E-state index contributed by atoms with van der Waals surface area (Å²) in [6.07, 6.45) is 3.51. The van der Waals surface area contributed by atoms with Crippen molar-refractivity contribution in [3.63, 3.8) is 0 Å². The minimum Gasteiger partial charge on any atom is -0.457 e. The van der Waals surface area contributed by atoms with E-state index in [1.54, 1.807) is 62.4 Å². The van der Waals surface area contributed by atoms with Gasteiger partial charge in [-0.2, -0.15) is 0 Å². The minimum atomic E-state index is -0.603. The molecule has 0 N–H and O–H groups in total. The second-order valence-electron chi connectivity index (χ2n) is 7.14. The average Bonchev–Trinajstić information content (AvgIpc) is 2.89. The minimum absolute atomic E-state index is 0.279. The molecule has 0 spiro atoms. The van der Waals surface area contributed by atoms with E-state index in [1.165, 1.54) is 18.2 Å². The van der Waals surface area contributed by atoms with Crippen LogP contribution in [-0.4, -0.2) is 24.7 Å². The number of esters is 3. The first kappa shape index (κ1) is 25.6. The van der Waals surface area contributed by atoms with E-state index >= 15 is 0 Å². The molecule has 3 rings (SSSR count). The van der Waals surface area contributed by atoms with Crippen molar-refractivity contribution >= 4 is 17.9 Å². The zero-order valence-corrected chi connectivity index (χ0v) is 19.6. The average molecular weight is 486 g/mol. The Morgan fingerprint density at radius 3 is 2.00 bits per heavy atom. The molecule has 8 nitrogen and oxygen atoms in total. The van der Waals surface area contributed by atoms with Crippen molar-refractivity contribution in [2.24, 2.45) is 0 Å². The molecule has 36 heavy (non-hydrogen) atoms. The summed E-state index contributed by atoms with van der Waals surface area (Å²) in [5, 5.41) is 0. The first-order chi connectivity index (χ1) is 17.4. The topological polar surface area (TPSA) is 97.4 Å². The fraction of sp³-hybridized carbons (Fsp3) is 0.107. The van der Waals surface area contributed by atoms with Gasteiger partial charge >= 0.3 is 17.9 Å². The molecule has 0 unspecified atom stereocenters. The van der Waals surface area contributed by atoms with E-state index in [0.29, 0.717) is 28.4 Å². The lowest BCUT2D eigenvalue weighted by Crippen LogP contribution is -2.11. The molecule has 0 aliphatic carbocycles. The van der Waals surface area contributed by atoms with Crippen LogP contribution in [0.2, 0.25) is 0 Å². The SMILES string of the molecule is C=CC(=O)OCOc1ccc(C(=O)Oc2ccc(OC(=O)c3ccc(OC#CC)cc3)c(C)c2)cc1. The lowest BCUT2D eigenvalue weighted by Gasteiger charge is -2.10. The van der Waals surface area contributed by atoms with Crippen LogP contribution in [0.1, 0.15) is 33.2 Å². The molecule has 182 valence electrons. The number of carbonyl (C=O) groups excluding carboxylic acids is 3. The van der Waals surface area contributed by atoms with E-state index in [1.807, 2.05) is 0 Å². The molecule has 0 aliphatic heterocycles. The summed E-state index contributed by atoms with van der Waals surface area (Å²) < 4.78 is 26.0. The summed E-state index contributed by atoms with van der Waals surface area (Å²) in [4.78, 5) is 35.9. The lowest BCUT2D eigenvalue weighted by atomic mass is 10.2. The molecule has 0 saturated carbocycles. The second-order valence-corrected chi connectivity index (χ2v) is 7.14. The van der Waals surface area contributed by atoms with Gasteiger partial charge in [0.2, 0.25) is 6.79 Å². The highest BCUT2D eigenvalue weighted by Crippen LogP contribution is 2.25. The highest BCUT2D eigenvalue weighted by atomic mass is 16.7. The molecule has 0 heterocycles. The van der Waals surface area contributed by atoms with Gasteiger partial charge in [-0.25, -0.2) is 14.4 Å². The largest absolute Gasteiger partial charge is 0.457 e. The van der Waals surface area contributed by atoms with E-state index in [-0.39, 0.29) is 18.1 Å². The first-order valence-electron chi connectivity index (χ1n) is 10.7. The molecule has 0 aliphatic rings. The number of aryl methyl sites for hydroxylation is 1. The number of benzene rings is 3. The summed E-state index contributed by atoms with van der Waals surface area (Å²) in [5.41, 5.74) is 1.23. The lowest BCUT2D eigenvalue weighted by molar-refractivity contribution is -0.144. The fourth-order valence-corrected chi connectivity index (χ4v) is 2.80. The van der Waals surface area contributed by atoms with Gasteiger partial charge in [0.15, 0.2) is 0 Å². The van der Waals surface area contributed by atoms with E-state index in [2.05, 4.69) is 18.6 Å². The molecule has 8 heteroatoms. The first-order valence-corrected chi connectivity index (χ1v) is 10.7. The second kappa shape index (κ2) is 12.4. The maximum Gasteiger partial charge on any atom is 0.343 e.